The van der Waals surface area contributed by atoms with Gasteiger partial charge in [0.05, 0.1) is 24.0 Å². The minimum atomic E-state index is -0.208. The van der Waals surface area contributed by atoms with Gasteiger partial charge in [0.2, 0.25) is 0 Å². The lowest BCUT2D eigenvalue weighted by atomic mass is 10.0. The lowest BCUT2D eigenvalue weighted by molar-refractivity contribution is 0.250. The van der Waals surface area contributed by atoms with E-state index in [9.17, 15) is 4.79 Å². The Hall–Kier alpha value is -3.80. The molecule has 1 heterocycles. The molecule has 3 aromatic carbocycles. The molecule has 0 bridgehead atoms. The van der Waals surface area contributed by atoms with Crippen LogP contribution in [-0.4, -0.2) is 29.0 Å². The fourth-order valence-electron chi connectivity index (χ4n) is 3.67. The molecule has 0 saturated carbocycles. The molecule has 0 aliphatic carbocycles. The molecule has 1 unspecified atom stereocenters. The average Bonchev–Trinajstić information content (AvgIpc) is 3.24. The molecule has 0 saturated heterocycles. The Labute approximate surface area is 188 Å². The van der Waals surface area contributed by atoms with Gasteiger partial charge in [-0.05, 0) is 67.3 Å². The first kappa shape index (κ1) is 21.4. The van der Waals surface area contributed by atoms with E-state index in [1.165, 1.54) is 5.56 Å². The van der Waals surface area contributed by atoms with E-state index in [-0.39, 0.29) is 6.03 Å². The number of para-hydroxylation sites is 1. The third kappa shape index (κ3) is 5.27. The van der Waals surface area contributed by atoms with Gasteiger partial charge >= 0.3 is 6.03 Å². The molecule has 0 aliphatic heterocycles. The predicted molar refractivity (Wildman–Crippen MR) is 129 cm³/mol. The van der Waals surface area contributed by atoms with Crippen LogP contribution in [0.4, 0.5) is 10.5 Å². The SMILES string of the molecule is CCOc1ccc(CC(C)CNC(=O)Nc2ccc(-n3ncc4ccccc43)cc2)cc1. The summed E-state index contributed by atoms with van der Waals surface area (Å²) in [5, 5.41) is 11.4. The van der Waals surface area contributed by atoms with Gasteiger partial charge in [0.25, 0.3) is 0 Å². The van der Waals surface area contributed by atoms with Crippen molar-refractivity contribution >= 4 is 22.6 Å². The molecule has 0 radical (unpaired) electrons. The van der Waals surface area contributed by atoms with Crippen molar-refractivity contribution in [2.24, 2.45) is 5.92 Å². The molecule has 164 valence electrons. The number of carbonyl (C=O) groups is 1. The summed E-state index contributed by atoms with van der Waals surface area (Å²) in [5.74, 6) is 1.20. The van der Waals surface area contributed by atoms with Crippen molar-refractivity contribution in [3.05, 3.63) is 84.6 Å². The van der Waals surface area contributed by atoms with E-state index >= 15 is 0 Å². The number of hydrogen-bond donors (Lipinski definition) is 2. The third-order valence-corrected chi connectivity index (χ3v) is 5.28. The number of amides is 2. The summed E-state index contributed by atoms with van der Waals surface area (Å²) in [6, 6.07) is 23.7. The molecule has 1 atom stereocenters. The van der Waals surface area contributed by atoms with Crippen LogP contribution in [0.2, 0.25) is 0 Å². The zero-order valence-corrected chi connectivity index (χ0v) is 18.4. The van der Waals surface area contributed by atoms with Gasteiger partial charge in [-0.25, -0.2) is 9.48 Å². The highest BCUT2D eigenvalue weighted by Gasteiger charge is 2.08. The van der Waals surface area contributed by atoms with Gasteiger partial charge in [0.15, 0.2) is 0 Å². The Morgan fingerprint density at radius 3 is 2.53 bits per heavy atom. The first-order valence-corrected chi connectivity index (χ1v) is 10.9. The predicted octanol–water partition coefficient (Wildman–Crippen LogP) is 5.42. The van der Waals surface area contributed by atoms with Crippen LogP contribution in [0.1, 0.15) is 19.4 Å². The standard InChI is InChI=1S/C26H28N4O2/c1-3-32-24-14-8-20(9-15-24)16-19(2)17-27-26(31)29-22-10-12-23(13-11-22)30-25-7-5-4-6-21(25)18-28-30/h4-15,18-19H,3,16-17H2,1-2H3,(H2,27,29,31). The van der Waals surface area contributed by atoms with Crippen LogP contribution in [0.15, 0.2) is 79.0 Å². The lowest BCUT2D eigenvalue weighted by Gasteiger charge is -2.14. The Morgan fingerprint density at radius 2 is 1.78 bits per heavy atom. The normalized spacial score (nSPS) is 11.8. The maximum atomic E-state index is 12.3. The Bertz CT molecular complexity index is 1170. The number of urea groups is 1. The highest BCUT2D eigenvalue weighted by molar-refractivity contribution is 5.89. The number of nitrogens with zero attached hydrogens (tertiary/aromatic N) is 2. The van der Waals surface area contributed by atoms with Crippen LogP contribution < -0.4 is 15.4 Å². The highest BCUT2D eigenvalue weighted by atomic mass is 16.5. The molecule has 6 nitrogen and oxygen atoms in total. The van der Waals surface area contributed by atoms with Gasteiger partial charge in [-0.15, -0.1) is 0 Å². The van der Waals surface area contributed by atoms with Crippen molar-refractivity contribution in [3.63, 3.8) is 0 Å². The third-order valence-electron chi connectivity index (χ3n) is 5.28. The molecular weight excluding hydrogens is 400 g/mol. The molecule has 2 amide bonds. The monoisotopic (exact) mass is 428 g/mol. The van der Waals surface area contributed by atoms with E-state index in [1.807, 2.05) is 78.5 Å². The van der Waals surface area contributed by atoms with Gasteiger partial charge in [0, 0.05) is 17.6 Å². The summed E-state index contributed by atoms with van der Waals surface area (Å²) < 4.78 is 7.37. The fourth-order valence-corrected chi connectivity index (χ4v) is 3.67. The van der Waals surface area contributed by atoms with Crippen LogP contribution in [0.25, 0.3) is 16.6 Å². The number of anilines is 1. The fraction of sp³-hybridized carbons (Fsp3) is 0.231. The molecule has 4 rings (SSSR count). The Kier molecular flexibility index (Phi) is 6.70. The number of nitrogens with one attached hydrogen (secondary N) is 2. The zero-order valence-electron chi connectivity index (χ0n) is 18.4. The maximum Gasteiger partial charge on any atom is 0.319 e. The molecular formula is C26H28N4O2. The second kappa shape index (κ2) is 10.0. The van der Waals surface area contributed by atoms with Crippen LogP contribution in [0, 0.1) is 5.92 Å². The highest BCUT2D eigenvalue weighted by Crippen LogP contribution is 2.19. The summed E-state index contributed by atoms with van der Waals surface area (Å²) in [5.41, 5.74) is 3.96. The molecule has 2 N–H and O–H groups in total. The number of ether oxygens (including phenoxy) is 1. The topological polar surface area (TPSA) is 68.2 Å². The summed E-state index contributed by atoms with van der Waals surface area (Å²) >= 11 is 0. The van der Waals surface area contributed by atoms with Crippen molar-refractivity contribution in [1.29, 1.82) is 0 Å². The quantitative estimate of drug-likeness (QED) is 0.393. The van der Waals surface area contributed by atoms with Crippen LogP contribution in [0.5, 0.6) is 5.75 Å². The molecule has 0 aliphatic rings. The molecule has 0 fully saturated rings. The second-order valence-electron chi connectivity index (χ2n) is 7.88. The van der Waals surface area contributed by atoms with Gasteiger partial charge in [-0.3, -0.25) is 0 Å². The first-order chi connectivity index (χ1) is 15.6. The average molecular weight is 429 g/mol. The minimum Gasteiger partial charge on any atom is -0.494 e. The van der Waals surface area contributed by atoms with Crippen LogP contribution >= 0.6 is 0 Å². The van der Waals surface area contributed by atoms with Crippen LogP contribution in [-0.2, 0) is 6.42 Å². The van der Waals surface area contributed by atoms with Gasteiger partial charge in [-0.1, -0.05) is 37.3 Å². The number of carbonyl (C=O) groups excluding carboxylic acids is 1. The Morgan fingerprint density at radius 1 is 1.03 bits per heavy atom. The van der Waals surface area contributed by atoms with E-state index in [1.54, 1.807) is 0 Å². The zero-order chi connectivity index (χ0) is 22.3. The number of fused-ring (bicyclic) bond motifs is 1. The number of hydrogen-bond acceptors (Lipinski definition) is 3. The minimum absolute atomic E-state index is 0.208. The van der Waals surface area contributed by atoms with E-state index in [0.717, 1.165) is 34.4 Å². The van der Waals surface area contributed by atoms with Gasteiger partial charge in [0.1, 0.15) is 5.75 Å². The van der Waals surface area contributed by atoms with E-state index in [0.29, 0.717) is 19.1 Å². The van der Waals surface area contributed by atoms with Gasteiger partial charge < -0.3 is 15.4 Å². The Balaban J connectivity index is 1.27. The number of aromatic nitrogens is 2. The van der Waals surface area contributed by atoms with Crippen molar-refractivity contribution < 1.29 is 9.53 Å². The molecule has 0 spiro atoms. The largest absolute Gasteiger partial charge is 0.494 e. The molecule has 4 aromatic rings. The van der Waals surface area contributed by atoms with Crippen molar-refractivity contribution in [2.45, 2.75) is 20.3 Å². The number of rotatable bonds is 8. The first-order valence-electron chi connectivity index (χ1n) is 10.9. The van der Waals surface area contributed by atoms with Gasteiger partial charge in [-0.2, -0.15) is 5.10 Å². The number of benzene rings is 3. The second-order valence-corrected chi connectivity index (χ2v) is 7.88. The van der Waals surface area contributed by atoms with Crippen molar-refractivity contribution in [3.8, 4) is 11.4 Å². The molecule has 6 heteroatoms. The lowest BCUT2D eigenvalue weighted by Crippen LogP contribution is -2.32. The van der Waals surface area contributed by atoms with E-state index in [4.69, 9.17) is 4.74 Å². The van der Waals surface area contributed by atoms with E-state index < -0.39 is 0 Å². The van der Waals surface area contributed by atoms with Crippen LogP contribution in [0.3, 0.4) is 0 Å². The van der Waals surface area contributed by atoms with Crippen molar-refractivity contribution in [1.82, 2.24) is 15.1 Å². The summed E-state index contributed by atoms with van der Waals surface area (Å²) in [4.78, 5) is 12.3. The van der Waals surface area contributed by atoms with E-state index in [2.05, 4.69) is 34.8 Å². The van der Waals surface area contributed by atoms with Crippen molar-refractivity contribution in [2.75, 3.05) is 18.5 Å². The molecule has 32 heavy (non-hydrogen) atoms. The summed E-state index contributed by atoms with van der Waals surface area (Å²) in [7, 11) is 0. The molecule has 1 aromatic heterocycles. The summed E-state index contributed by atoms with van der Waals surface area (Å²) in [6.07, 6.45) is 2.74. The maximum absolute atomic E-state index is 12.3. The summed E-state index contributed by atoms with van der Waals surface area (Å²) in [6.45, 7) is 5.36. The smallest absolute Gasteiger partial charge is 0.319 e.